The van der Waals surface area contributed by atoms with Crippen molar-refractivity contribution >= 4 is 37.5 Å². The van der Waals surface area contributed by atoms with Crippen LogP contribution in [0.15, 0.2) is 46.9 Å². The monoisotopic (exact) mass is 508 g/mol. The van der Waals surface area contributed by atoms with E-state index in [1.165, 1.54) is 0 Å². The van der Waals surface area contributed by atoms with Crippen molar-refractivity contribution in [2.75, 3.05) is 17.1 Å². The van der Waals surface area contributed by atoms with Gasteiger partial charge in [0.15, 0.2) is 0 Å². The van der Waals surface area contributed by atoms with Gasteiger partial charge in [0.2, 0.25) is 15.9 Å². The van der Waals surface area contributed by atoms with Gasteiger partial charge in [0, 0.05) is 16.5 Å². The number of nitrogens with zero attached hydrogens (tertiary/aromatic N) is 1. The number of anilines is 1. The highest BCUT2D eigenvalue weighted by atomic mass is 79.9. The molecule has 3 rings (SSSR count). The second-order valence-electron chi connectivity index (χ2n) is 8.06. The third kappa shape index (κ3) is 5.23. The highest BCUT2D eigenvalue weighted by Crippen LogP contribution is 2.42. The van der Waals surface area contributed by atoms with Crippen LogP contribution in [0.25, 0.3) is 0 Å². The summed E-state index contributed by atoms with van der Waals surface area (Å²) in [6, 6.07) is 12.7. The van der Waals surface area contributed by atoms with Crippen LogP contribution >= 0.6 is 15.9 Å². The molecule has 31 heavy (non-hydrogen) atoms. The van der Waals surface area contributed by atoms with Gasteiger partial charge in [-0.2, -0.15) is 0 Å². The summed E-state index contributed by atoms with van der Waals surface area (Å²) in [6.07, 6.45) is 3.38. The molecule has 1 unspecified atom stereocenters. The van der Waals surface area contributed by atoms with E-state index in [4.69, 9.17) is 4.74 Å². The largest absolute Gasteiger partial charge is 0.487 e. The summed E-state index contributed by atoms with van der Waals surface area (Å²) in [5, 5.41) is 3.06. The fourth-order valence-corrected chi connectivity index (χ4v) is 5.08. The Bertz CT molecular complexity index is 1070. The van der Waals surface area contributed by atoms with E-state index in [1.54, 1.807) is 18.2 Å². The highest BCUT2D eigenvalue weighted by molar-refractivity contribution is 9.10. The molecule has 1 amide bonds. The molecule has 168 valence electrons. The van der Waals surface area contributed by atoms with Gasteiger partial charge in [-0.05, 0) is 49.6 Å². The van der Waals surface area contributed by atoms with Gasteiger partial charge < -0.3 is 10.1 Å². The van der Waals surface area contributed by atoms with Crippen LogP contribution in [0.3, 0.4) is 0 Å². The molecule has 1 atom stereocenters. The number of carbonyl (C=O) groups excluding carboxylic acids is 1. The number of sulfonamides is 1. The first-order valence-corrected chi connectivity index (χ1v) is 13.0. The van der Waals surface area contributed by atoms with Crippen LogP contribution in [0.1, 0.15) is 50.3 Å². The summed E-state index contributed by atoms with van der Waals surface area (Å²) in [7, 11) is -3.64. The molecule has 1 heterocycles. The van der Waals surface area contributed by atoms with Crippen molar-refractivity contribution < 1.29 is 17.9 Å². The maximum absolute atomic E-state index is 13.0. The Labute approximate surface area is 193 Å². The lowest BCUT2D eigenvalue weighted by atomic mass is 9.83. The standard InChI is InChI=1S/C23H29BrN2O4S/c1-5-23(6-2)14-20(18-9-7-8-10-21(18)30-23)25-22(27)15-26(31(4,28)29)17-11-12-19(24)16(3)13-17/h7-13,20H,5-6,14-15H2,1-4H3,(H,25,27). The summed E-state index contributed by atoms with van der Waals surface area (Å²) in [5.74, 6) is 0.417. The highest BCUT2D eigenvalue weighted by Gasteiger charge is 2.39. The number of fused-ring (bicyclic) bond motifs is 1. The molecule has 8 heteroatoms. The van der Waals surface area contributed by atoms with Gasteiger partial charge >= 0.3 is 0 Å². The zero-order valence-electron chi connectivity index (χ0n) is 18.3. The van der Waals surface area contributed by atoms with E-state index < -0.39 is 10.0 Å². The zero-order valence-corrected chi connectivity index (χ0v) is 20.7. The number of halogens is 1. The number of rotatable bonds is 7. The number of hydrogen-bond donors (Lipinski definition) is 1. The maximum atomic E-state index is 13.0. The van der Waals surface area contributed by atoms with Crippen LogP contribution in [0.4, 0.5) is 5.69 Å². The van der Waals surface area contributed by atoms with Crippen LogP contribution in [0, 0.1) is 6.92 Å². The van der Waals surface area contributed by atoms with E-state index >= 15 is 0 Å². The number of para-hydroxylation sites is 1. The molecule has 1 aliphatic heterocycles. The topological polar surface area (TPSA) is 75.7 Å². The van der Waals surface area contributed by atoms with Crippen molar-refractivity contribution in [2.24, 2.45) is 0 Å². The molecule has 0 aromatic heterocycles. The van der Waals surface area contributed by atoms with Gasteiger partial charge in [0.25, 0.3) is 0 Å². The molecule has 1 aliphatic rings. The number of carbonyl (C=O) groups is 1. The van der Waals surface area contributed by atoms with E-state index in [0.29, 0.717) is 12.1 Å². The van der Waals surface area contributed by atoms with Gasteiger partial charge in [-0.1, -0.05) is 48.0 Å². The minimum atomic E-state index is -3.64. The zero-order chi connectivity index (χ0) is 22.8. The summed E-state index contributed by atoms with van der Waals surface area (Å²) in [5.41, 5.74) is 1.91. The molecule has 0 bridgehead atoms. The summed E-state index contributed by atoms with van der Waals surface area (Å²) in [4.78, 5) is 13.0. The molecule has 2 aromatic carbocycles. The first-order chi connectivity index (χ1) is 14.6. The average molecular weight is 509 g/mol. The summed E-state index contributed by atoms with van der Waals surface area (Å²) >= 11 is 3.43. The van der Waals surface area contributed by atoms with Crippen LogP contribution < -0.4 is 14.4 Å². The molecule has 0 radical (unpaired) electrons. The van der Waals surface area contributed by atoms with Crippen molar-refractivity contribution in [3.63, 3.8) is 0 Å². The fourth-order valence-electron chi connectivity index (χ4n) is 3.98. The van der Waals surface area contributed by atoms with Crippen molar-refractivity contribution in [1.29, 1.82) is 0 Å². The molecule has 1 N–H and O–H groups in total. The van der Waals surface area contributed by atoms with Crippen LogP contribution in [0.2, 0.25) is 0 Å². The lowest BCUT2D eigenvalue weighted by Gasteiger charge is -2.41. The smallest absolute Gasteiger partial charge is 0.241 e. The Morgan fingerprint density at radius 1 is 1.23 bits per heavy atom. The second-order valence-corrected chi connectivity index (χ2v) is 10.8. The third-order valence-electron chi connectivity index (χ3n) is 5.94. The lowest BCUT2D eigenvalue weighted by molar-refractivity contribution is -0.121. The number of ether oxygens (including phenoxy) is 1. The number of nitrogens with one attached hydrogen (secondary N) is 1. The van der Waals surface area contributed by atoms with Crippen molar-refractivity contribution in [2.45, 2.75) is 51.7 Å². The molecule has 0 fully saturated rings. The van der Waals surface area contributed by atoms with Gasteiger partial charge in [-0.3, -0.25) is 9.10 Å². The van der Waals surface area contributed by atoms with Gasteiger partial charge in [0.1, 0.15) is 17.9 Å². The Kier molecular flexibility index (Phi) is 7.01. The first kappa shape index (κ1) is 23.6. The minimum absolute atomic E-state index is 0.245. The number of benzene rings is 2. The van der Waals surface area contributed by atoms with Crippen LogP contribution in [0.5, 0.6) is 5.75 Å². The quantitative estimate of drug-likeness (QED) is 0.586. The predicted molar refractivity (Wildman–Crippen MR) is 127 cm³/mol. The van der Waals surface area contributed by atoms with Crippen LogP contribution in [-0.4, -0.2) is 32.7 Å². The van der Waals surface area contributed by atoms with E-state index in [1.807, 2.05) is 31.2 Å². The lowest BCUT2D eigenvalue weighted by Crippen LogP contribution is -2.47. The summed E-state index contributed by atoms with van der Waals surface area (Å²) in [6.45, 7) is 5.75. The Morgan fingerprint density at radius 2 is 1.90 bits per heavy atom. The van der Waals surface area contributed by atoms with Gasteiger partial charge in [0.05, 0.1) is 18.0 Å². The Balaban J connectivity index is 1.86. The number of amides is 1. The second kappa shape index (κ2) is 9.20. The van der Waals surface area contributed by atoms with Gasteiger partial charge in [-0.25, -0.2) is 8.42 Å². The predicted octanol–water partition coefficient (Wildman–Crippen LogP) is 4.72. The van der Waals surface area contributed by atoms with Crippen LogP contribution in [-0.2, 0) is 14.8 Å². The Morgan fingerprint density at radius 3 is 2.52 bits per heavy atom. The molecule has 6 nitrogen and oxygen atoms in total. The Hall–Kier alpha value is -2.06. The van der Waals surface area contributed by atoms with E-state index in [0.717, 1.165) is 44.8 Å². The van der Waals surface area contributed by atoms with E-state index in [-0.39, 0.29) is 24.1 Å². The molecule has 0 saturated heterocycles. The van der Waals surface area contributed by atoms with Crippen molar-refractivity contribution in [3.8, 4) is 5.75 Å². The van der Waals surface area contributed by atoms with E-state index in [2.05, 4.69) is 35.1 Å². The molecular weight excluding hydrogens is 480 g/mol. The SMILES string of the molecule is CCC1(CC)CC(NC(=O)CN(c2ccc(Br)c(C)c2)S(C)(=O)=O)c2ccccc2O1. The summed E-state index contributed by atoms with van der Waals surface area (Å²) < 4.78 is 33.2. The minimum Gasteiger partial charge on any atom is -0.487 e. The average Bonchev–Trinajstić information content (AvgIpc) is 2.73. The number of hydrogen-bond acceptors (Lipinski definition) is 4. The number of aryl methyl sites for hydroxylation is 1. The van der Waals surface area contributed by atoms with Gasteiger partial charge in [-0.15, -0.1) is 0 Å². The van der Waals surface area contributed by atoms with Crippen molar-refractivity contribution in [3.05, 3.63) is 58.1 Å². The maximum Gasteiger partial charge on any atom is 0.241 e. The van der Waals surface area contributed by atoms with Crippen molar-refractivity contribution in [1.82, 2.24) is 5.32 Å². The fraction of sp³-hybridized carbons (Fsp3) is 0.435. The third-order valence-corrected chi connectivity index (χ3v) is 7.97. The molecule has 2 aromatic rings. The molecule has 0 aliphatic carbocycles. The normalized spacial score (nSPS) is 17.4. The first-order valence-electron chi connectivity index (χ1n) is 10.4. The van der Waals surface area contributed by atoms with E-state index in [9.17, 15) is 13.2 Å². The molecule has 0 spiro atoms. The molecular formula is C23H29BrN2O4S. The molecule has 0 saturated carbocycles.